The zero-order chi connectivity index (χ0) is 20.4. The predicted molar refractivity (Wildman–Crippen MR) is 114 cm³/mol. The second-order valence-electron chi connectivity index (χ2n) is 7.09. The van der Waals surface area contributed by atoms with Crippen LogP contribution in [0.4, 0.5) is 10.3 Å². The van der Waals surface area contributed by atoms with Crippen LogP contribution in [-0.4, -0.2) is 39.2 Å². The smallest absolute Gasteiger partial charge is 0.220 e. The Morgan fingerprint density at radius 1 is 1.10 bits per heavy atom. The lowest BCUT2D eigenvalue weighted by atomic mass is 10.1. The zero-order valence-electron chi connectivity index (χ0n) is 16.2. The summed E-state index contributed by atoms with van der Waals surface area (Å²) in [5.74, 6) is 0.0289. The maximum absolute atomic E-state index is 14.3. The molecule has 2 aromatic heterocycles. The topological polar surface area (TPSA) is 83.7 Å². The first-order chi connectivity index (χ1) is 14.0. The van der Waals surface area contributed by atoms with Crippen molar-refractivity contribution in [3.05, 3.63) is 71.3 Å². The average molecular weight is 388 g/mol. The quantitative estimate of drug-likeness (QED) is 0.540. The molecule has 6 nitrogen and oxygen atoms in total. The number of aromatic amines is 1. The van der Waals surface area contributed by atoms with E-state index in [2.05, 4.69) is 20.2 Å². The van der Waals surface area contributed by atoms with Gasteiger partial charge in [0.25, 0.3) is 0 Å². The lowest BCUT2D eigenvalue weighted by Crippen LogP contribution is -2.11. The van der Waals surface area contributed by atoms with E-state index in [9.17, 15) is 4.39 Å². The van der Waals surface area contributed by atoms with Gasteiger partial charge in [0.2, 0.25) is 5.95 Å². The van der Waals surface area contributed by atoms with Gasteiger partial charge in [0, 0.05) is 29.3 Å². The summed E-state index contributed by atoms with van der Waals surface area (Å²) in [5.41, 5.74) is 10.5. The fourth-order valence-corrected chi connectivity index (χ4v) is 3.17. The molecule has 0 aliphatic rings. The number of hydrogen-bond acceptors (Lipinski definition) is 5. The van der Waals surface area contributed by atoms with Gasteiger partial charge < -0.3 is 10.6 Å². The molecule has 0 unspecified atom stereocenters. The first-order valence-corrected chi connectivity index (χ1v) is 9.18. The monoisotopic (exact) mass is 388 g/mol. The van der Waals surface area contributed by atoms with Crippen molar-refractivity contribution in [3.8, 4) is 11.3 Å². The van der Waals surface area contributed by atoms with E-state index in [1.807, 2.05) is 67.5 Å². The third-order valence-corrected chi connectivity index (χ3v) is 4.56. The van der Waals surface area contributed by atoms with Crippen LogP contribution < -0.4 is 5.73 Å². The number of nitrogens with one attached hydrogen (secondary N) is 1. The number of rotatable bonds is 5. The molecule has 2 heterocycles. The summed E-state index contributed by atoms with van der Waals surface area (Å²) in [6.07, 6.45) is 5.37. The lowest BCUT2D eigenvalue weighted by Gasteiger charge is -2.10. The van der Waals surface area contributed by atoms with Gasteiger partial charge in [0.1, 0.15) is 5.82 Å². The molecule has 2 aromatic carbocycles. The average Bonchev–Trinajstić information content (AvgIpc) is 3.10. The summed E-state index contributed by atoms with van der Waals surface area (Å²) < 4.78 is 14.3. The molecule has 0 spiro atoms. The number of halogens is 1. The SMILES string of the molecule is CN(C)Cc1ccc(C=Cc2n[nH]c3cc(-c4ccnc(N)n4)ccc23)cc1F. The minimum Gasteiger partial charge on any atom is -0.368 e. The van der Waals surface area contributed by atoms with Gasteiger partial charge in [-0.25, -0.2) is 14.4 Å². The molecule has 0 aliphatic carbocycles. The van der Waals surface area contributed by atoms with Gasteiger partial charge in [-0.2, -0.15) is 5.10 Å². The van der Waals surface area contributed by atoms with E-state index in [0.717, 1.165) is 33.4 Å². The standard InChI is InChI=1S/C22H21FN6/c1-29(2)13-16-5-3-14(11-18(16)23)4-8-20-17-7-6-15(12-21(17)28-27-20)19-9-10-25-22(24)26-19/h3-12H,13H2,1-2H3,(H,27,28)(H2,24,25,26). The molecule has 4 aromatic rings. The zero-order valence-corrected chi connectivity index (χ0v) is 16.2. The number of nitrogen functional groups attached to an aromatic ring is 1. The second kappa shape index (κ2) is 7.81. The van der Waals surface area contributed by atoms with Gasteiger partial charge in [-0.05, 0) is 50.0 Å². The summed E-state index contributed by atoms with van der Waals surface area (Å²) in [4.78, 5) is 10.1. The van der Waals surface area contributed by atoms with Crippen LogP contribution in [0.2, 0.25) is 0 Å². The second-order valence-corrected chi connectivity index (χ2v) is 7.09. The predicted octanol–water partition coefficient (Wildman–Crippen LogP) is 3.97. The largest absolute Gasteiger partial charge is 0.368 e. The first-order valence-electron chi connectivity index (χ1n) is 9.18. The molecular formula is C22H21FN6. The molecule has 29 heavy (non-hydrogen) atoms. The number of fused-ring (bicyclic) bond motifs is 1. The number of nitrogens with two attached hydrogens (primary N) is 1. The molecule has 0 fully saturated rings. The number of anilines is 1. The van der Waals surface area contributed by atoms with Crippen molar-refractivity contribution in [1.29, 1.82) is 0 Å². The van der Waals surface area contributed by atoms with Crippen LogP contribution in [0.15, 0.2) is 48.7 Å². The molecule has 146 valence electrons. The third kappa shape index (κ3) is 4.14. The van der Waals surface area contributed by atoms with Gasteiger partial charge in [0.15, 0.2) is 0 Å². The molecule has 7 heteroatoms. The summed E-state index contributed by atoms with van der Waals surface area (Å²) in [7, 11) is 3.84. The minimum atomic E-state index is -0.207. The highest BCUT2D eigenvalue weighted by Crippen LogP contribution is 2.25. The van der Waals surface area contributed by atoms with Crippen molar-refractivity contribution >= 4 is 29.0 Å². The van der Waals surface area contributed by atoms with E-state index in [0.29, 0.717) is 12.1 Å². The Hall–Kier alpha value is -3.58. The Morgan fingerprint density at radius 3 is 2.72 bits per heavy atom. The van der Waals surface area contributed by atoms with Crippen LogP contribution in [-0.2, 0) is 6.54 Å². The molecule has 0 saturated heterocycles. The van der Waals surface area contributed by atoms with Crippen LogP contribution >= 0.6 is 0 Å². The number of nitrogens with zero attached hydrogens (tertiary/aromatic N) is 4. The Labute approximate surface area is 167 Å². The molecule has 0 amide bonds. The Balaban J connectivity index is 1.59. The molecule has 0 atom stereocenters. The van der Waals surface area contributed by atoms with Crippen molar-refractivity contribution in [2.24, 2.45) is 0 Å². The van der Waals surface area contributed by atoms with E-state index in [4.69, 9.17) is 5.73 Å². The van der Waals surface area contributed by atoms with Gasteiger partial charge in [0.05, 0.1) is 16.9 Å². The summed E-state index contributed by atoms with van der Waals surface area (Å²) in [6.45, 7) is 0.570. The molecular weight excluding hydrogens is 367 g/mol. The van der Waals surface area contributed by atoms with Crippen molar-refractivity contribution in [3.63, 3.8) is 0 Å². The van der Waals surface area contributed by atoms with Crippen molar-refractivity contribution in [1.82, 2.24) is 25.1 Å². The minimum absolute atomic E-state index is 0.207. The maximum Gasteiger partial charge on any atom is 0.220 e. The number of hydrogen-bond donors (Lipinski definition) is 2. The molecule has 0 radical (unpaired) electrons. The van der Waals surface area contributed by atoms with Crippen LogP contribution in [0.1, 0.15) is 16.8 Å². The van der Waals surface area contributed by atoms with Crippen LogP contribution in [0.3, 0.4) is 0 Å². The summed E-state index contributed by atoms with van der Waals surface area (Å²) in [6, 6.07) is 13.0. The van der Waals surface area contributed by atoms with E-state index in [1.54, 1.807) is 12.3 Å². The summed E-state index contributed by atoms with van der Waals surface area (Å²) in [5, 5.41) is 8.38. The van der Waals surface area contributed by atoms with Crippen molar-refractivity contribution in [2.75, 3.05) is 19.8 Å². The van der Waals surface area contributed by atoms with Crippen LogP contribution in [0, 0.1) is 5.82 Å². The molecule has 3 N–H and O–H groups in total. The normalized spacial score (nSPS) is 11.7. The van der Waals surface area contributed by atoms with Gasteiger partial charge in [-0.1, -0.05) is 24.3 Å². The van der Waals surface area contributed by atoms with Crippen molar-refractivity contribution in [2.45, 2.75) is 6.54 Å². The number of benzene rings is 2. The van der Waals surface area contributed by atoms with Gasteiger partial charge >= 0.3 is 0 Å². The van der Waals surface area contributed by atoms with Crippen molar-refractivity contribution < 1.29 is 4.39 Å². The van der Waals surface area contributed by atoms with Gasteiger partial charge in [-0.15, -0.1) is 0 Å². The third-order valence-electron chi connectivity index (χ3n) is 4.56. The maximum atomic E-state index is 14.3. The van der Waals surface area contributed by atoms with Gasteiger partial charge in [-0.3, -0.25) is 5.10 Å². The van der Waals surface area contributed by atoms with Crippen LogP contribution in [0.25, 0.3) is 34.3 Å². The Kier molecular flexibility index (Phi) is 5.05. The lowest BCUT2D eigenvalue weighted by molar-refractivity contribution is 0.392. The highest BCUT2D eigenvalue weighted by Gasteiger charge is 2.07. The van der Waals surface area contributed by atoms with E-state index >= 15 is 0 Å². The van der Waals surface area contributed by atoms with E-state index in [-0.39, 0.29) is 11.8 Å². The molecule has 0 saturated carbocycles. The van der Waals surface area contributed by atoms with E-state index in [1.165, 1.54) is 0 Å². The fraction of sp³-hybridized carbons (Fsp3) is 0.136. The summed E-state index contributed by atoms with van der Waals surface area (Å²) >= 11 is 0. The Morgan fingerprint density at radius 2 is 1.97 bits per heavy atom. The molecule has 4 rings (SSSR count). The van der Waals surface area contributed by atoms with E-state index < -0.39 is 0 Å². The highest BCUT2D eigenvalue weighted by atomic mass is 19.1. The Bertz CT molecular complexity index is 1200. The number of H-pyrrole nitrogens is 1. The highest BCUT2D eigenvalue weighted by molar-refractivity contribution is 5.91. The fourth-order valence-electron chi connectivity index (χ4n) is 3.17. The van der Waals surface area contributed by atoms with Crippen LogP contribution in [0.5, 0.6) is 0 Å². The number of aromatic nitrogens is 4. The molecule has 0 bridgehead atoms. The molecule has 0 aliphatic heterocycles. The first kappa shape index (κ1) is 18.8.